The van der Waals surface area contributed by atoms with Crippen LogP contribution < -0.4 is 14.8 Å². The molecule has 0 saturated carbocycles. The van der Waals surface area contributed by atoms with Gasteiger partial charge in [0.25, 0.3) is 5.91 Å². The maximum atomic E-state index is 12.9. The Balaban J connectivity index is 1.66. The van der Waals surface area contributed by atoms with Gasteiger partial charge >= 0.3 is 0 Å². The van der Waals surface area contributed by atoms with Crippen molar-refractivity contribution in [2.45, 2.75) is 6.92 Å². The van der Waals surface area contributed by atoms with Gasteiger partial charge in [0, 0.05) is 27.5 Å². The SMILES string of the molecule is COc1cc(Br)c(OC)c(C(=O)Nc2nc(-c3c(C)[nH]c4ccccc34)cs2)c1. The first-order valence-electron chi connectivity index (χ1n) is 8.78. The van der Waals surface area contributed by atoms with E-state index in [4.69, 9.17) is 9.47 Å². The molecular formula is C21H18BrN3O3S. The first kappa shape index (κ1) is 19.5. The van der Waals surface area contributed by atoms with Crippen LogP contribution in [0.1, 0.15) is 16.1 Å². The topological polar surface area (TPSA) is 76.2 Å². The highest BCUT2D eigenvalue weighted by Crippen LogP contribution is 2.36. The lowest BCUT2D eigenvalue weighted by Crippen LogP contribution is -2.13. The molecule has 0 aliphatic carbocycles. The highest BCUT2D eigenvalue weighted by atomic mass is 79.9. The van der Waals surface area contributed by atoms with Gasteiger partial charge in [0.15, 0.2) is 5.13 Å². The average molecular weight is 472 g/mol. The quantitative estimate of drug-likeness (QED) is 0.395. The fourth-order valence-electron chi connectivity index (χ4n) is 3.28. The second-order valence-corrected chi connectivity index (χ2v) is 8.07. The highest BCUT2D eigenvalue weighted by molar-refractivity contribution is 9.10. The summed E-state index contributed by atoms with van der Waals surface area (Å²) in [5, 5.41) is 6.42. The summed E-state index contributed by atoms with van der Waals surface area (Å²) in [6, 6.07) is 11.5. The van der Waals surface area contributed by atoms with Crippen molar-refractivity contribution >= 4 is 49.2 Å². The van der Waals surface area contributed by atoms with Crippen LogP contribution in [0.5, 0.6) is 11.5 Å². The lowest BCUT2D eigenvalue weighted by molar-refractivity contribution is 0.102. The van der Waals surface area contributed by atoms with Crippen molar-refractivity contribution in [3.8, 4) is 22.8 Å². The van der Waals surface area contributed by atoms with Crippen LogP contribution in [-0.4, -0.2) is 30.1 Å². The number of amides is 1. The minimum absolute atomic E-state index is 0.321. The molecule has 0 saturated heterocycles. The third-order valence-electron chi connectivity index (χ3n) is 4.58. The number of fused-ring (bicyclic) bond motifs is 1. The largest absolute Gasteiger partial charge is 0.497 e. The lowest BCUT2D eigenvalue weighted by atomic mass is 10.1. The van der Waals surface area contributed by atoms with E-state index in [1.165, 1.54) is 18.4 Å². The number of H-pyrrole nitrogens is 1. The summed E-state index contributed by atoms with van der Waals surface area (Å²) in [4.78, 5) is 20.9. The Bertz CT molecular complexity index is 1220. The van der Waals surface area contributed by atoms with E-state index in [0.29, 0.717) is 26.7 Å². The normalized spacial score (nSPS) is 10.9. The number of aromatic nitrogens is 2. The number of anilines is 1. The molecule has 2 heterocycles. The van der Waals surface area contributed by atoms with E-state index in [0.717, 1.165) is 27.9 Å². The van der Waals surface area contributed by atoms with Gasteiger partial charge < -0.3 is 14.5 Å². The number of hydrogen-bond donors (Lipinski definition) is 2. The molecule has 2 aromatic heterocycles. The van der Waals surface area contributed by atoms with Crippen molar-refractivity contribution in [2.24, 2.45) is 0 Å². The predicted molar refractivity (Wildman–Crippen MR) is 119 cm³/mol. The van der Waals surface area contributed by atoms with Crippen LogP contribution in [0.15, 0.2) is 46.3 Å². The molecule has 2 N–H and O–H groups in total. The number of halogens is 1. The molecule has 1 amide bonds. The standard InChI is InChI=1S/C21H18BrN3O3S/c1-11-18(13-6-4-5-7-16(13)23-11)17-10-29-21(24-17)25-20(26)14-8-12(27-2)9-15(22)19(14)28-3/h4-10,23H,1-3H3,(H,24,25,26). The van der Waals surface area contributed by atoms with Gasteiger partial charge in [-0.15, -0.1) is 11.3 Å². The van der Waals surface area contributed by atoms with E-state index < -0.39 is 0 Å². The Kier molecular flexibility index (Phi) is 5.29. The predicted octanol–water partition coefficient (Wildman–Crippen LogP) is 5.63. The van der Waals surface area contributed by atoms with E-state index in [1.54, 1.807) is 19.2 Å². The number of thiazole rings is 1. The average Bonchev–Trinajstić information content (AvgIpc) is 3.29. The number of ether oxygens (including phenoxy) is 2. The van der Waals surface area contributed by atoms with Gasteiger partial charge in [0.1, 0.15) is 11.5 Å². The number of aryl methyl sites for hydroxylation is 1. The molecule has 148 valence electrons. The van der Waals surface area contributed by atoms with Crippen molar-refractivity contribution in [1.29, 1.82) is 0 Å². The molecule has 4 aromatic rings. The van der Waals surface area contributed by atoms with Crippen molar-refractivity contribution in [3.05, 3.63) is 57.5 Å². The maximum Gasteiger partial charge on any atom is 0.261 e. The van der Waals surface area contributed by atoms with Gasteiger partial charge in [-0.1, -0.05) is 18.2 Å². The minimum Gasteiger partial charge on any atom is -0.497 e. The van der Waals surface area contributed by atoms with Gasteiger partial charge in [-0.3, -0.25) is 10.1 Å². The molecule has 0 atom stereocenters. The number of aromatic amines is 1. The Labute approximate surface area is 180 Å². The molecule has 29 heavy (non-hydrogen) atoms. The third kappa shape index (κ3) is 3.61. The number of benzene rings is 2. The summed E-state index contributed by atoms with van der Waals surface area (Å²) >= 11 is 4.79. The Morgan fingerprint density at radius 2 is 2.00 bits per heavy atom. The molecule has 0 unspecified atom stereocenters. The van der Waals surface area contributed by atoms with E-state index >= 15 is 0 Å². The lowest BCUT2D eigenvalue weighted by Gasteiger charge is -2.12. The van der Waals surface area contributed by atoms with Gasteiger partial charge in [0.05, 0.1) is 29.9 Å². The maximum absolute atomic E-state index is 12.9. The fraction of sp³-hybridized carbons (Fsp3) is 0.143. The van der Waals surface area contributed by atoms with E-state index in [1.807, 2.05) is 30.5 Å². The Hall–Kier alpha value is -2.84. The molecule has 8 heteroatoms. The number of methoxy groups -OCH3 is 2. The molecule has 0 fully saturated rings. The van der Waals surface area contributed by atoms with Gasteiger partial charge in [-0.25, -0.2) is 4.98 Å². The van der Waals surface area contributed by atoms with Gasteiger partial charge in [0.2, 0.25) is 0 Å². The summed E-state index contributed by atoms with van der Waals surface area (Å²) in [5.74, 6) is 0.669. The molecule has 0 spiro atoms. The zero-order chi connectivity index (χ0) is 20.5. The van der Waals surface area contributed by atoms with Crippen LogP contribution in [0.2, 0.25) is 0 Å². The third-order valence-corrected chi connectivity index (χ3v) is 5.92. The fourth-order valence-corrected chi connectivity index (χ4v) is 4.58. The van der Waals surface area contributed by atoms with Crippen LogP contribution in [-0.2, 0) is 0 Å². The van der Waals surface area contributed by atoms with Crippen LogP contribution in [0.4, 0.5) is 5.13 Å². The summed E-state index contributed by atoms with van der Waals surface area (Å²) in [7, 11) is 3.07. The summed E-state index contributed by atoms with van der Waals surface area (Å²) in [6.07, 6.45) is 0. The first-order chi connectivity index (χ1) is 14.0. The second kappa shape index (κ2) is 7.88. The van der Waals surface area contributed by atoms with Crippen LogP contribution in [0, 0.1) is 6.92 Å². The van der Waals surface area contributed by atoms with Crippen molar-refractivity contribution in [1.82, 2.24) is 9.97 Å². The smallest absolute Gasteiger partial charge is 0.261 e. The molecule has 2 aromatic carbocycles. The van der Waals surface area contributed by atoms with Crippen molar-refractivity contribution in [3.63, 3.8) is 0 Å². The first-order valence-corrected chi connectivity index (χ1v) is 10.4. The number of carbonyl (C=O) groups excluding carboxylic acids is 1. The number of rotatable bonds is 5. The Morgan fingerprint density at radius 3 is 2.76 bits per heavy atom. The number of nitrogens with zero attached hydrogens (tertiary/aromatic N) is 1. The summed E-state index contributed by atoms with van der Waals surface area (Å²) < 4.78 is 11.3. The van der Waals surface area contributed by atoms with E-state index in [9.17, 15) is 4.79 Å². The van der Waals surface area contributed by atoms with Crippen LogP contribution >= 0.6 is 27.3 Å². The second-order valence-electron chi connectivity index (χ2n) is 6.35. The zero-order valence-corrected chi connectivity index (χ0v) is 18.4. The van der Waals surface area contributed by atoms with E-state index in [2.05, 4.69) is 37.3 Å². The molecule has 4 rings (SSSR count). The monoisotopic (exact) mass is 471 g/mol. The summed E-state index contributed by atoms with van der Waals surface area (Å²) in [5.41, 5.74) is 4.31. The molecule has 0 radical (unpaired) electrons. The number of carbonyl (C=O) groups is 1. The minimum atomic E-state index is -0.321. The number of nitrogens with one attached hydrogen (secondary N) is 2. The van der Waals surface area contributed by atoms with Gasteiger partial charge in [-0.2, -0.15) is 0 Å². The molecule has 6 nitrogen and oxygen atoms in total. The summed E-state index contributed by atoms with van der Waals surface area (Å²) in [6.45, 7) is 2.02. The number of para-hydroxylation sites is 1. The Morgan fingerprint density at radius 1 is 1.21 bits per heavy atom. The van der Waals surface area contributed by atoms with Crippen LogP contribution in [0.25, 0.3) is 22.2 Å². The molecular weight excluding hydrogens is 454 g/mol. The van der Waals surface area contributed by atoms with Crippen LogP contribution in [0.3, 0.4) is 0 Å². The van der Waals surface area contributed by atoms with Crippen molar-refractivity contribution in [2.75, 3.05) is 19.5 Å². The van der Waals surface area contributed by atoms with Crippen molar-refractivity contribution < 1.29 is 14.3 Å². The zero-order valence-electron chi connectivity index (χ0n) is 16.0. The van der Waals surface area contributed by atoms with Gasteiger partial charge in [-0.05, 0) is 41.1 Å². The molecule has 0 aliphatic rings. The molecule has 0 aliphatic heterocycles. The number of hydrogen-bond acceptors (Lipinski definition) is 5. The van der Waals surface area contributed by atoms with E-state index in [-0.39, 0.29) is 5.91 Å². The molecule has 0 bridgehead atoms. The highest BCUT2D eigenvalue weighted by Gasteiger charge is 2.19.